The van der Waals surface area contributed by atoms with Crippen LogP contribution in [0, 0.1) is 12.3 Å². The minimum absolute atomic E-state index is 0.316. The van der Waals surface area contributed by atoms with Gasteiger partial charge in [-0.05, 0) is 36.1 Å². The molecular formula is C14H22ClNO. The second kappa shape index (κ2) is 6.27. The number of aryl methyl sites for hydroxylation is 1. The molecule has 0 aromatic heterocycles. The first-order valence-corrected chi connectivity index (χ1v) is 6.36. The van der Waals surface area contributed by atoms with E-state index < -0.39 is 0 Å². The molecule has 0 atom stereocenters. The molecule has 1 aromatic rings. The summed E-state index contributed by atoms with van der Waals surface area (Å²) in [5, 5.41) is 4.13. The van der Waals surface area contributed by atoms with Gasteiger partial charge in [-0.25, -0.2) is 0 Å². The Balaban J connectivity index is 2.27. The molecule has 0 saturated heterocycles. The third kappa shape index (κ3) is 5.94. The van der Waals surface area contributed by atoms with Gasteiger partial charge in [-0.3, -0.25) is 0 Å². The molecule has 0 aliphatic rings. The maximum absolute atomic E-state index is 5.88. The van der Waals surface area contributed by atoms with Gasteiger partial charge in [-0.1, -0.05) is 32.4 Å². The van der Waals surface area contributed by atoms with Gasteiger partial charge in [0, 0.05) is 18.1 Å². The second-order valence-corrected chi connectivity index (χ2v) is 5.93. The van der Waals surface area contributed by atoms with Crippen molar-refractivity contribution < 1.29 is 4.74 Å². The maximum atomic E-state index is 5.88. The van der Waals surface area contributed by atoms with E-state index in [2.05, 4.69) is 26.1 Å². The lowest BCUT2D eigenvalue weighted by atomic mass is 9.97. The maximum Gasteiger partial charge on any atom is 0.122 e. The Labute approximate surface area is 109 Å². The van der Waals surface area contributed by atoms with Gasteiger partial charge < -0.3 is 10.1 Å². The van der Waals surface area contributed by atoms with Gasteiger partial charge in [-0.15, -0.1) is 0 Å². The van der Waals surface area contributed by atoms with Crippen LogP contribution in [0.5, 0.6) is 5.75 Å². The summed E-state index contributed by atoms with van der Waals surface area (Å²) in [5.41, 5.74) is 1.39. The SMILES string of the molecule is Cc1cc(Cl)ccc1OCCNCC(C)(C)C. The fourth-order valence-corrected chi connectivity index (χ4v) is 1.70. The number of benzene rings is 1. The van der Waals surface area contributed by atoms with E-state index in [-0.39, 0.29) is 0 Å². The van der Waals surface area contributed by atoms with Crippen LogP contribution in [0.1, 0.15) is 26.3 Å². The van der Waals surface area contributed by atoms with E-state index in [1.807, 2.05) is 25.1 Å². The first-order chi connectivity index (χ1) is 7.88. The number of rotatable bonds is 5. The summed E-state index contributed by atoms with van der Waals surface area (Å²) in [6.07, 6.45) is 0. The van der Waals surface area contributed by atoms with Crippen molar-refractivity contribution in [2.45, 2.75) is 27.7 Å². The average molecular weight is 256 g/mol. The number of halogens is 1. The van der Waals surface area contributed by atoms with Gasteiger partial charge >= 0.3 is 0 Å². The van der Waals surface area contributed by atoms with Crippen molar-refractivity contribution in [1.82, 2.24) is 5.32 Å². The van der Waals surface area contributed by atoms with Crippen molar-refractivity contribution in [3.05, 3.63) is 28.8 Å². The van der Waals surface area contributed by atoms with Crippen molar-refractivity contribution in [2.75, 3.05) is 19.7 Å². The van der Waals surface area contributed by atoms with Crippen molar-refractivity contribution >= 4 is 11.6 Å². The molecule has 0 amide bonds. The van der Waals surface area contributed by atoms with Gasteiger partial charge in [0.1, 0.15) is 12.4 Å². The van der Waals surface area contributed by atoms with Gasteiger partial charge in [0.05, 0.1) is 0 Å². The van der Waals surface area contributed by atoms with E-state index in [0.717, 1.165) is 29.4 Å². The highest BCUT2D eigenvalue weighted by Crippen LogP contribution is 2.21. The predicted molar refractivity (Wildman–Crippen MR) is 74.0 cm³/mol. The van der Waals surface area contributed by atoms with Crippen LogP contribution in [0.4, 0.5) is 0 Å². The third-order valence-corrected chi connectivity index (χ3v) is 2.56. The zero-order valence-corrected chi connectivity index (χ0v) is 11.9. The van der Waals surface area contributed by atoms with Gasteiger partial charge in [-0.2, -0.15) is 0 Å². The molecule has 0 aliphatic heterocycles. The third-order valence-electron chi connectivity index (χ3n) is 2.33. The number of hydrogen-bond donors (Lipinski definition) is 1. The zero-order valence-electron chi connectivity index (χ0n) is 11.1. The van der Waals surface area contributed by atoms with E-state index >= 15 is 0 Å². The first kappa shape index (κ1) is 14.3. The number of ether oxygens (including phenoxy) is 1. The van der Waals surface area contributed by atoms with Crippen molar-refractivity contribution in [3.8, 4) is 5.75 Å². The van der Waals surface area contributed by atoms with Crippen LogP contribution >= 0.6 is 11.6 Å². The highest BCUT2D eigenvalue weighted by Gasteiger charge is 2.08. The molecule has 1 aromatic carbocycles. The molecule has 0 fully saturated rings. The summed E-state index contributed by atoms with van der Waals surface area (Å²) in [6, 6.07) is 5.69. The van der Waals surface area contributed by atoms with Crippen LogP contribution in [0.15, 0.2) is 18.2 Å². The molecule has 0 unspecified atom stereocenters. The molecule has 1 N–H and O–H groups in total. The Bertz CT molecular complexity index is 358. The topological polar surface area (TPSA) is 21.3 Å². The van der Waals surface area contributed by atoms with Crippen LogP contribution in [-0.4, -0.2) is 19.7 Å². The average Bonchev–Trinajstić information content (AvgIpc) is 2.18. The summed E-state index contributed by atoms with van der Waals surface area (Å²) in [5.74, 6) is 0.909. The lowest BCUT2D eigenvalue weighted by Crippen LogP contribution is -2.30. The zero-order chi connectivity index (χ0) is 12.9. The molecule has 0 aliphatic carbocycles. The monoisotopic (exact) mass is 255 g/mol. The van der Waals surface area contributed by atoms with Crippen LogP contribution in [-0.2, 0) is 0 Å². The molecule has 1 rings (SSSR count). The number of hydrogen-bond acceptors (Lipinski definition) is 2. The summed E-state index contributed by atoms with van der Waals surface area (Å²) in [7, 11) is 0. The smallest absolute Gasteiger partial charge is 0.122 e. The summed E-state index contributed by atoms with van der Waals surface area (Å²) >= 11 is 5.88. The number of nitrogens with one attached hydrogen (secondary N) is 1. The fraction of sp³-hybridized carbons (Fsp3) is 0.571. The minimum Gasteiger partial charge on any atom is -0.492 e. The molecule has 0 heterocycles. The summed E-state index contributed by atoms with van der Waals surface area (Å²) in [4.78, 5) is 0. The lowest BCUT2D eigenvalue weighted by Gasteiger charge is -2.19. The summed E-state index contributed by atoms with van der Waals surface area (Å²) < 4.78 is 5.69. The molecular weight excluding hydrogens is 234 g/mol. The highest BCUT2D eigenvalue weighted by molar-refractivity contribution is 6.30. The van der Waals surface area contributed by atoms with E-state index in [4.69, 9.17) is 16.3 Å². The van der Waals surface area contributed by atoms with E-state index in [1.165, 1.54) is 0 Å². The standard InChI is InChI=1S/C14H22ClNO/c1-11-9-12(15)5-6-13(11)17-8-7-16-10-14(2,3)4/h5-6,9,16H,7-8,10H2,1-4H3. The Morgan fingerprint density at radius 2 is 2.00 bits per heavy atom. The lowest BCUT2D eigenvalue weighted by molar-refractivity contribution is 0.295. The van der Waals surface area contributed by atoms with Crippen molar-refractivity contribution in [2.24, 2.45) is 5.41 Å². The molecule has 0 radical (unpaired) electrons. The van der Waals surface area contributed by atoms with E-state index in [1.54, 1.807) is 0 Å². The molecule has 17 heavy (non-hydrogen) atoms. The highest BCUT2D eigenvalue weighted by atomic mass is 35.5. The Morgan fingerprint density at radius 3 is 2.59 bits per heavy atom. The molecule has 96 valence electrons. The Hall–Kier alpha value is -0.730. The van der Waals surface area contributed by atoms with Gasteiger partial charge in [0.2, 0.25) is 0 Å². The van der Waals surface area contributed by atoms with Gasteiger partial charge in [0.15, 0.2) is 0 Å². The minimum atomic E-state index is 0.316. The van der Waals surface area contributed by atoms with Crippen molar-refractivity contribution in [1.29, 1.82) is 0 Å². The molecule has 0 spiro atoms. The van der Waals surface area contributed by atoms with Crippen molar-refractivity contribution in [3.63, 3.8) is 0 Å². The summed E-state index contributed by atoms with van der Waals surface area (Å²) in [6.45, 7) is 11.2. The normalized spacial score (nSPS) is 11.6. The van der Waals surface area contributed by atoms with Crippen LogP contribution in [0.3, 0.4) is 0 Å². The second-order valence-electron chi connectivity index (χ2n) is 5.50. The van der Waals surface area contributed by atoms with Gasteiger partial charge in [0.25, 0.3) is 0 Å². The first-order valence-electron chi connectivity index (χ1n) is 5.98. The fourth-order valence-electron chi connectivity index (χ4n) is 1.47. The molecule has 3 heteroatoms. The van der Waals surface area contributed by atoms with Crippen LogP contribution in [0.25, 0.3) is 0 Å². The largest absolute Gasteiger partial charge is 0.492 e. The van der Waals surface area contributed by atoms with E-state index in [9.17, 15) is 0 Å². The Kier molecular flexibility index (Phi) is 5.29. The molecule has 0 saturated carbocycles. The quantitative estimate of drug-likeness (QED) is 0.811. The van der Waals surface area contributed by atoms with Crippen LogP contribution in [0.2, 0.25) is 5.02 Å². The van der Waals surface area contributed by atoms with E-state index in [0.29, 0.717) is 12.0 Å². The Morgan fingerprint density at radius 1 is 1.29 bits per heavy atom. The predicted octanol–water partition coefficient (Wildman–Crippen LogP) is 3.66. The molecule has 0 bridgehead atoms. The van der Waals surface area contributed by atoms with Crippen LogP contribution < -0.4 is 10.1 Å². The molecule has 2 nitrogen and oxygen atoms in total.